The van der Waals surface area contributed by atoms with Gasteiger partial charge in [0.2, 0.25) is 0 Å². The van der Waals surface area contributed by atoms with E-state index in [0.717, 1.165) is 11.1 Å². The number of carbonyl (C=O) groups is 1. The van der Waals surface area contributed by atoms with Crippen LogP contribution in [0.25, 0.3) is 11.1 Å². The molecule has 19 heavy (non-hydrogen) atoms. The van der Waals surface area contributed by atoms with E-state index >= 15 is 0 Å². The number of ether oxygens (including phenoxy) is 1. The Morgan fingerprint density at radius 3 is 2.37 bits per heavy atom. The number of aliphatic carboxylic acids is 1. The van der Waals surface area contributed by atoms with E-state index in [1.54, 1.807) is 6.07 Å². The summed E-state index contributed by atoms with van der Waals surface area (Å²) in [5.74, 6) is -0.757. The molecule has 0 aliphatic carbocycles. The average molecular weight is 345 g/mol. The largest absolute Gasteiger partial charge is 1.00 e. The molecule has 2 rings (SSSR count). The molecular formula is C14H10BrKO3. The first-order chi connectivity index (χ1) is 8.66. The van der Waals surface area contributed by atoms with Crippen LogP contribution in [0.3, 0.4) is 0 Å². The van der Waals surface area contributed by atoms with Crippen molar-refractivity contribution >= 4 is 21.9 Å². The molecule has 0 unspecified atom stereocenters. The molecule has 0 N–H and O–H groups in total. The van der Waals surface area contributed by atoms with Crippen molar-refractivity contribution < 1.29 is 66.0 Å². The molecule has 0 heterocycles. The first-order valence-corrected chi connectivity index (χ1v) is 6.14. The van der Waals surface area contributed by atoms with Crippen molar-refractivity contribution in [2.45, 2.75) is 0 Å². The number of carboxylic acids is 1. The average Bonchev–Trinajstić information content (AvgIpc) is 2.38. The van der Waals surface area contributed by atoms with E-state index < -0.39 is 12.6 Å². The molecule has 2 aromatic carbocycles. The number of benzene rings is 2. The Labute approximate surface area is 162 Å². The van der Waals surface area contributed by atoms with Crippen LogP contribution in [-0.2, 0) is 4.79 Å². The molecule has 0 spiro atoms. The van der Waals surface area contributed by atoms with Gasteiger partial charge < -0.3 is 14.6 Å². The Bertz CT molecular complexity index is 558. The zero-order valence-electron chi connectivity index (χ0n) is 10.4. The van der Waals surface area contributed by atoms with Gasteiger partial charge in [-0.3, -0.25) is 0 Å². The molecule has 0 amide bonds. The van der Waals surface area contributed by atoms with Gasteiger partial charge in [0, 0.05) is 0 Å². The summed E-state index contributed by atoms with van der Waals surface area (Å²) in [6.07, 6.45) is 0. The van der Waals surface area contributed by atoms with Crippen molar-refractivity contribution in [1.82, 2.24) is 0 Å². The minimum atomic E-state index is -1.24. The minimum Gasteiger partial charge on any atom is -0.546 e. The fourth-order valence-corrected chi connectivity index (χ4v) is 2.06. The molecule has 0 saturated carbocycles. The Morgan fingerprint density at radius 1 is 1.11 bits per heavy atom. The number of rotatable bonds is 4. The summed E-state index contributed by atoms with van der Waals surface area (Å²) in [6, 6.07) is 15.4. The van der Waals surface area contributed by atoms with Crippen LogP contribution >= 0.6 is 15.9 Å². The summed E-state index contributed by atoms with van der Waals surface area (Å²) < 4.78 is 5.79. The van der Waals surface area contributed by atoms with Gasteiger partial charge >= 0.3 is 51.4 Å². The molecule has 2 aromatic rings. The van der Waals surface area contributed by atoms with Crippen LogP contribution in [0.5, 0.6) is 5.75 Å². The van der Waals surface area contributed by atoms with Crippen molar-refractivity contribution in [3.63, 3.8) is 0 Å². The van der Waals surface area contributed by atoms with E-state index in [9.17, 15) is 9.90 Å². The van der Waals surface area contributed by atoms with Gasteiger partial charge in [0.15, 0.2) is 0 Å². The zero-order chi connectivity index (χ0) is 13.0. The summed E-state index contributed by atoms with van der Waals surface area (Å²) in [7, 11) is 0. The Balaban J connectivity index is 0.00000180. The topological polar surface area (TPSA) is 49.4 Å². The van der Waals surface area contributed by atoms with Crippen LogP contribution < -0.4 is 61.2 Å². The molecule has 0 aliphatic rings. The van der Waals surface area contributed by atoms with E-state index in [1.165, 1.54) is 0 Å². The fourth-order valence-electron chi connectivity index (χ4n) is 1.56. The Hall–Kier alpha value is -0.174. The molecule has 0 bridgehead atoms. The monoisotopic (exact) mass is 344 g/mol. The maximum absolute atomic E-state index is 10.3. The summed E-state index contributed by atoms with van der Waals surface area (Å²) in [5, 5.41) is 10.3. The van der Waals surface area contributed by atoms with E-state index in [0.29, 0.717) is 10.2 Å². The maximum atomic E-state index is 10.3. The van der Waals surface area contributed by atoms with Gasteiger partial charge in [-0.15, -0.1) is 0 Å². The van der Waals surface area contributed by atoms with Crippen LogP contribution in [0.4, 0.5) is 0 Å². The summed E-state index contributed by atoms with van der Waals surface area (Å²) in [4.78, 5) is 10.3. The molecule has 0 radical (unpaired) electrons. The molecule has 0 atom stereocenters. The van der Waals surface area contributed by atoms with Gasteiger partial charge in [-0.1, -0.05) is 36.4 Å². The van der Waals surface area contributed by atoms with Gasteiger partial charge in [-0.05, 0) is 39.2 Å². The quantitative estimate of drug-likeness (QED) is 0.685. The first kappa shape index (κ1) is 16.9. The SMILES string of the molecule is O=C([O-])COc1ccc(-c2ccccc2)cc1Br.[K+]. The predicted octanol–water partition coefficient (Wildman–Crippen LogP) is -0.751. The Morgan fingerprint density at radius 2 is 1.79 bits per heavy atom. The smallest absolute Gasteiger partial charge is 0.546 e. The van der Waals surface area contributed by atoms with E-state index in [4.69, 9.17) is 4.74 Å². The van der Waals surface area contributed by atoms with E-state index in [-0.39, 0.29) is 51.4 Å². The van der Waals surface area contributed by atoms with Gasteiger partial charge in [0.25, 0.3) is 0 Å². The van der Waals surface area contributed by atoms with Crippen LogP contribution in [0.15, 0.2) is 53.0 Å². The van der Waals surface area contributed by atoms with Crippen molar-refractivity contribution in [2.24, 2.45) is 0 Å². The fraction of sp³-hybridized carbons (Fsp3) is 0.0714. The summed E-state index contributed by atoms with van der Waals surface area (Å²) in [6.45, 7) is -0.455. The van der Waals surface area contributed by atoms with E-state index in [1.807, 2.05) is 42.5 Å². The van der Waals surface area contributed by atoms with Crippen LogP contribution in [0, 0.1) is 0 Å². The van der Waals surface area contributed by atoms with Crippen molar-refractivity contribution in [3.8, 4) is 16.9 Å². The molecule has 3 nitrogen and oxygen atoms in total. The van der Waals surface area contributed by atoms with Gasteiger partial charge in [-0.2, -0.15) is 0 Å². The summed E-state index contributed by atoms with van der Waals surface area (Å²) >= 11 is 3.36. The molecule has 0 aliphatic heterocycles. The predicted molar refractivity (Wildman–Crippen MR) is 70.1 cm³/mol. The van der Waals surface area contributed by atoms with Crippen molar-refractivity contribution in [3.05, 3.63) is 53.0 Å². The maximum Gasteiger partial charge on any atom is 1.00 e. The van der Waals surface area contributed by atoms with Gasteiger partial charge in [0.05, 0.1) is 10.4 Å². The number of hydrogen-bond donors (Lipinski definition) is 0. The third kappa shape index (κ3) is 5.02. The van der Waals surface area contributed by atoms with Crippen LogP contribution in [-0.4, -0.2) is 12.6 Å². The van der Waals surface area contributed by atoms with Crippen molar-refractivity contribution in [1.29, 1.82) is 0 Å². The molecule has 5 heteroatoms. The van der Waals surface area contributed by atoms with E-state index in [2.05, 4.69) is 15.9 Å². The normalized spacial score (nSPS) is 9.53. The molecular weight excluding hydrogens is 335 g/mol. The third-order valence-corrected chi connectivity index (χ3v) is 3.00. The second-order valence-electron chi connectivity index (χ2n) is 3.67. The first-order valence-electron chi connectivity index (χ1n) is 5.34. The zero-order valence-corrected chi connectivity index (χ0v) is 15.1. The second-order valence-corrected chi connectivity index (χ2v) is 4.53. The molecule has 92 valence electrons. The minimum absolute atomic E-state index is 0. The molecule has 0 saturated heterocycles. The summed E-state index contributed by atoms with van der Waals surface area (Å²) in [5.41, 5.74) is 2.12. The number of carboxylic acid groups (broad SMARTS) is 1. The van der Waals surface area contributed by atoms with Crippen LogP contribution in [0.1, 0.15) is 0 Å². The van der Waals surface area contributed by atoms with Crippen molar-refractivity contribution in [2.75, 3.05) is 6.61 Å². The number of halogens is 1. The third-order valence-electron chi connectivity index (χ3n) is 2.38. The van der Waals surface area contributed by atoms with Gasteiger partial charge in [-0.25, -0.2) is 0 Å². The van der Waals surface area contributed by atoms with Crippen LogP contribution in [0.2, 0.25) is 0 Å². The Kier molecular flexibility index (Phi) is 7.27. The number of hydrogen-bond acceptors (Lipinski definition) is 3. The molecule has 0 aromatic heterocycles. The number of carbonyl (C=O) groups excluding carboxylic acids is 1. The second kappa shape index (κ2) is 8.19. The van der Waals surface area contributed by atoms with Gasteiger partial charge in [0.1, 0.15) is 12.4 Å². The standard InChI is InChI=1S/C14H11BrO3.K/c15-12-8-11(10-4-2-1-3-5-10)6-7-13(12)18-9-14(16)17;/h1-8H,9H2,(H,16,17);/q;+1/p-1. The molecule has 0 fully saturated rings.